The summed E-state index contributed by atoms with van der Waals surface area (Å²) in [6.07, 6.45) is 2.55. The van der Waals surface area contributed by atoms with Crippen LogP contribution >= 0.6 is 0 Å². The van der Waals surface area contributed by atoms with Crippen LogP contribution in [-0.4, -0.2) is 22.5 Å². The molecule has 1 aromatic heterocycles. The molecule has 0 radical (unpaired) electrons. The molecular formula is C23H26N2O3. The predicted octanol–water partition coefficient (Wildman–Crippen LogP) is 4.81. The summed E-state index contributed by atoms with van der Waals surface area (Å²) in [5.74, 6) is -0.223. The number of ketones is 1. The van der Waals surface area contributed by atoms with Crippen LogP contribution in [0.25, 0.3) is 0 Å². The second kappa shape index (κ2) is 9.18. The number of aromatic nitrogens is 1. The Balaban J connectivity index is 2.81. The van der Waals surface area contributed by atoms with Gasteiger partial charge in [-0.3, -0.25) is 4.79 Å². The van der Waals surface area contributed by atoms with E-state index < -0.39 is 5.92 Å². The van der Waals surface area contributed by atoms with Gasteiger partial charge in [-0.05, 0) is 57.9 Å². The fourth-order valence-corrected chi connectivity index (χ4v) is 3.29. The Kier molecular flexibility index (Phi) is 6.94. The largest absolute Gasteiger partial charge is 0.508 e. The van der Waals surface area contributed by atoms with Crippen LogP contribution in [0.2, 0.25) is 0 Å². The van der Waals surface area contributed by atoms with Gasteiger partial charge in [0, 0.05) is 28.8 Å². The van der Waals surface area contributed by atoms with Gasteiger partial charge in [0.15, 0.2) is 5.78 Å². The fourth-order valence-electron chi connectivity index (χ4n) is 3.29. The number of allylic oxidation sites excluding steroid dienone is 2. The first-order valence-corrected chi connectivity index (χ1v) is 9.30. The van der Waals surface area contributed by atoms with Crippen LogP contribution in [0.4, 0.5) is 0 Å². The number of ether oxygens (including phenoxy) is 1. The van der Waals surface area contributed by atoms with Crippen molar-refractivity contribution in [2.45, 2.75) is 47.0 Å². The summed E-state index contributed by atoms with van der Waals surface area (Å²) < 4.78 is 5.86. The lowest BCUT2D eigenvalue weighted by Gasteiger charge is -2.24. The molecule has 5 heteroatoms. The van der Waals surface area contributed by atoms with Crippen molar-refractivity contribution in [2.24, 2.45) is 0 Å². The van der Waals surface area contributed by atoms with Crippen molar-refractivity contribution in [3.8, 4) is 17.7 Å². The van der Waals surface area contributed by atoms with Crippen LogP contribution in [0.1, 0.15) is 62.3 Å². The van der Waals surface area contributed by atoms with E-state index in [9.17, 15) is 9.90 Å². The van der Waals surface area contributed by atoms with Crippen LogP contribution in [0.15, 0.2) is 41.6 Å². The number of phenolic OH excluding ortho intramolecular Hbond substituents is 1. The maximum Gasteiger partial charge on any atom is 0.217 e. The minimum absolute atomic E-state index is 0.0352. The van der Waals surface area contributed by atoms with E-state index in [4.69, 9.17) is 10.00 Å². The number of hydrogen-bond acceptors (Lipinski definition) is 5. The molecule has 1 atom stereocenters. The number of hydrogen-bond donors (Lipinski definition) is 1. The number of phenols is 1. The minimum Gasteiger partial charge on any atom is -0.508 e. The highest BCUT2D eigenvalue weighted by molar-refractivity contribution is 5.96. The summed E-state index contributed by atoms with van der Waals surface area (Å²) in [7, 11) is 0. The molecule has 0 amide bonds. The number of rotatable bonds is 7. The van der Waals surface area contributed by atoms with E-state index in [0.29, 0.717) is 29.2 Å². The Labute approximate surface area is 166 Å². The zero-order valence-corrected chi connectivity index (χ0v) is 17.0. The van der Waals surface area contributed by atoms with Crippen LogP contribution in [0, 0.1) is 18.3 Å². The van der Waals surface area contributed by atoms with Crippen LogP contribution in [0.3, 0.4) is 0 Å². The lowest BCUT2D eigenvalue weighted by Crippen LogP contribution is -2.15. The summed E-state index contributed by atoms with van der Waals surface area (Å²) >= 11 is 0. The van der Waals surface area contributed by atoms with Crippen molar-refractivity contribution in [3.05, 3.63) is 63.9 Å². The molecule has 0 aliphatic heterocycles. The summed E-state index contributed by atoms with van der Waals surface area (Å²) in [4.78, 5) is 17.0. The highest BCUT2D eigenvalue weighted by atomic mass is 16.5. The lowest BCUT2D eigenvalue weighted by molar-refractivity contribution is -0.113. The third-order valence-corrected chi connectivity index (χ3v) is 4.45. The molecule has 0 fully saturated rings. The third kappa shape index (κ3) is 4.58. The standard InChI is InChI=1S/C23H26N2O3/c1-6-9-28-23-19(10-15(4)13-25-23)22(21(14(2)3)16(5)26)18-8-7-17(12-24)11-20(18)27/h7-8,10-11,13,22,27H,6,9H2,1-5H3/t22-/m1/s1. The van der Waals surface area contributed by atoms with Crippen molar-refractivity contribution < 1.29 is 14.6 Å². The molecule has 0 spiro atoms. The van der Waals surface area contributed by atoms with E-state index in [2.05, 4.69) is 4.98 Å². The van der Waals surface area contributed by atoms with Crippen LogP contribution < -0.4 is 4.74 Å². The molecular weight excluding hydrogens is 352 g/mol. The molecule has 1 heterocycles. The van der Waals surface area contributed by atoms with Gasteiger partial charge in [0.25, 0.3) is 0 Å². The van der Waals surface area contributed by atoms with Crippen LogP contribution in [-0.2, 0) is 4.79 Å². The monoisotopic (exact) mass is 378 g/mol. The minimum atomic E-state index is -0.547. The van der Waals surface area contributed by atoms with E-state index in [-0.39, 0.29) is 11.5 Å². The van der Waals surface area contributed by atoms with Gasteiger partial charge in [-0.25, -0.2) is 4.98 Å². The maximum atomic E-state index is 12.6. The van der Waals surface area contributed by atoms with Gasteiger partial charge >= 0.3 is 0 Å². The molecule has 146 valence electrons. The predicted molar refractivity (Wildman–Crippen MR) is 108 cm³/mol. The number of aromatic hydroxyl groups is 1. The molecule has 0 aliphatic carbocycles. The van der Waals surface area contributed by atoms with E-state index >= 15 is 0 Å². The molecule has 2 aromatic rings. The van der Waals surface area contributed by atoms with Crippen molar-refractivity contribution in [1.82, 2.24) is 4.98 Å². The summed E-state index contributed by atoms with van der Waals surface area (Å²) in [5, 5.41) is 19.8. The van der Waals surface area contributed by atoms with Crippen molar-refractivity contribution in [2.75, 3.05) is 6.61 Å². The summed E-state index contributed by atoms with van der Waals surface area (Å²) in [5.41, 5.74) is 3.97. The average molecular weight is 378 g/mol. The molecule has 0 saturated heterocycles. The van der Waals surface area contributed by atoms with Gasteiger partial charge in [0.05, 0.1) is 18.2 Å². The second-order valence-corrected chi connectivity index (χ2v) is 7.04. The number of Topliss-reactive ketones (excluding diaryl/α,β-unsaturated/α-hetero) is 1. The smallest absolute Gasteiger partial charge is 0.217 e. The molecule has 0 bridgehead atoms. The van der Waals surface area contributed by atoms with E-state index in [1.807, 2.05) is 39.8 Å². The number of nitrogens with zero attached hydrogens (tertiary/aromatic N) is 2. The molecule has 2 rings (SSSR count). The van der Waals surface area contributed by atoms with Crippen molar-refractivity contribution in [1.29, 1.82) is 5.26 Å². The number of pyridine rings is 1. The van der Waals surface area contributed by atoms with E-state index in [1.165, 1.54) is 13.0 Å². The van der Waals surface area contributed by atoms with E-state index in [0.717, 1.165) is 23.1 Å². The van der Waals surface area contributed by atoms with Gasteiger partial charge in [0.1, 0.15) is 5.75 Å². The lowest BCUT2D eigenvalue weighted by atomic mass is 9.80. The zero-order chi connectivity index (χ0) is 20.8. The normalized spacial score (nSPS) is 11.4. The highest BCUT2D eigenvalue weighted by Gasteiger charge is 2.29. The Hall–Kier alpha value is -3.13. The number of aryl methyl sites for hydroxylation is 1. The zero-order valence-electron chi connectivity index (χ0n) is 17.0. The summed E-state index contributed by atoms with van der Waals surface area (Å²) in [6, 6.07) is 8.71. The highest BCUT2D eigenvalue weighted by Crippen LogP contribution is 2.42. The first-order valence-electron chi connectivity index (χ1n) is 9.30. The molecule has 0 aliphatic rings. The Morgan fingerprint density at radius 2 is 1.96 bits per heavy atom. The SMILES string of the molecule is CCCOc1ncc(C)cc1[C@H](C(C(C)=O)=C(C)C)c1ccc(C#N)cc1O. The number of benzene rings is 1. The molecule has 0 unspecified atom stereocenters. The summed E-state index contributed by atoms with van der Waals surface area (Å²) in [6.45, 7) is 9.70. The van der Waals surface area contributed by atoms with Crippen molar-refractivity contribution in [3.63, 3.8) is 0 Å². The number of nitriles is 1. The van der Waals surface area contributed by atoms with Gasteiger partial charge in [0.2, 0.25) is 5.88 Å². The third-order valence-electron chi connectivity index (χ3n) is 4.45. The number of carbonyl (C=O) groups excluding carboxylic acids is 1. The molecule has 0 saturated carbocycles. The van der Waals surface area contributed by atoms with Crippen LogP contribution in [0.5, 0.6) is 11.6 Å². The topological polar surface area (TPSA) is 83.2 Å². The Bertz CT molecular complexity index is 951. The average Bonchev–Trinajstić information content (AvgIpc) is 2.64. The van der Waals surface area contributed by atoms with Gasteiger partial charge < -0.3 is 9.84 Å². The van der Waals surface area contributed by atoms with Gasteiger partial charge in [-0.1, -0.05) is 18.6 Å². The van der Waals surface area contributed by atoms with Gasteiger partial charge in [-0.15, -0.1) is 0 Å². The second-order valence-electron chi connectivity index (χ2n) is 7.04. The first-order chi connectivity index (χ1) is 13.3. The first kappa shape index (κ1) is 21.2. The molecule has 1 aromatic carbocycles. The quantitative estimate of drug-likeness (QED) is 0.699. The Morgan fingerprint density at radius 3 is 2.50 bits per heavy atom. The molecule has 1 N–H and O–H groups in total. The van der Waals surface area contributed by atoms with Gasteiger partial charge in [-0.2, -0.15) is 5.26 Å². The van der Waals surface area contributed by atoms with Crippen molar-refractivity contribution >= 4 is 5.78 Å². The Morgan fingerprint density at radius 1 is 1.25 bits per heavy atom. The molecule has 5 nitrogen and oxygen atoms in total. The van der Waals surface area contributed by atoms with E-state index in [1.54, 1.807) is 18.3 Å². The molecule has 28 heavy (non-hydrogen) atoms. The maximum absolute atomic E-state index is 12.6. The number of carbonyl (C=O) groups is 1. The fraction of sp³-hybridized carbons (Fsp3) is 0.348.